The number of piperazine rings is 1. The van der Waals surface area contributed by atoms with Gasteiger partial charge in [0.25, 0.3) is 0 Å². The summed E-state index contributed by atoms with van der Waals surface area (Å²) in [5, 5.41) is 0. The fourth-order valence-electron chi connectivity index (χ4n) is 1.55. The second-order valence-corrected chi connectivity index (χ2v) is 3.52. The highest BCUT2D eigenvalue weighted by molar-refractivity contribution is 5.65. The highest BCUT2D eigenvalue weighted by Crippen LogP contribution is 2.00. The molecule has 0 amide bonds. The molecule has 0 aromatic rings. The van der Waals surface area contributed by atoms with Crippen molar-refractivity contribution in [2.24, 2.45) is 0 Å². The number of ether oxygens (including phenoxy) is 1. The number of esters is 1. The van der Waals surface area contributed by atoms with Crippen LogP contribution in [0.3, 0.4) is 0 Å². The highest BCUT2D eigenvalue weighted by atomic mass is 16.5. The molecule has 81 valence electrons. The van der Waals surface area contributed by atoms with Gasteiger partial charge in [0.05, 0.1) is 0 Å². The van der Waals surface area contributed by atoms with E-state index in [0.29, 0.717) is 6.61 Å². The molecule has 4 heteroatoms. The minimum Gasteiger partial charge on any atom is -0.465 e. The fraction of sp³-hybridized carbons (Fsp3) is 0.800. The molecule has 0 N–H and O–H groups in total. The molecular formula is C10H19N2O2. The van der Waals surface area contributed by atoms with Gasteiger partial charge in [0, 0.05) is 39.6 Å². The first-order valence-electron chi connectivity index (χ1n) is 5.09. The predicted molar refractivity (Wildman–Crippen MR) is 54.9 cm³/mol. The van der Waals surface area contributed by atoms with Crippen molar-refractivity contribution in [3.8, 4) is 0 Å². The Bertz CT molecular complexity index is 177. The monoisotopic (exact) mass is 199 g/mol. The average molecular weight is 199 g/mol. The van der Waals surface area contributed by atoms with Crippen molar-refractivity contribution < 1.29 is 9.53 Å². The predicted octanol–water partition coefficient (Wildman–Crippen LogP) is 0.00119. The van der Waals surface area contributed by atoms with E-state index in [1.165, 1.54) is 6.92 Å². The summed E-state index contributed by atoms with van der Waals surface area (Å²) in [5.41, 5.74) is 0. The Morgan fingerprint density at radius 1 is 1.29 bits per heavy atom. The molecular weight excluding hydrogens is 180 g/mol. The maximum Gasteiger partial charge on any atom is 0.302 e. The molecule has 1 aliphatic heterocycles. The summed E-state index contributed by atoms with van der Waals surface area (Å²) in [6.45, 7) is 11.8. The topological polar surface area (TPSA) is 32.8 Å². The van der Waals surface area contributed by atoms with E-state index in [1.54, 1.807) is 0 Å². The van der Waals surface area contributed by atoms with Gasteiger partial charge >= 0.3 is 5.97 Å². The molecule has 0 unspecified atom stereocenters. The van der Waals surface area contributed by atoms with Crippen LogP contribution in [0.15, 0.2) is 0 Å². The summed E-state index contributed by atoms with van der Waals surface area (Å²) in [5.74, 6) is -0.193. The Balaban J connectivity index is 2.07. The van der Waals surface area contributed by atoms with Gasteiger partial charge in [-0.05, 0) is 13.5 Å². The van der Waals surface area contributed by atoms with Crippen LogP contribution >= 0.6 is 0 Å². The van der Waals surface area contributed by atoms with Gasteiger partial charge in [-0.3, -0.25) is 9.69 Å². The van der Waals surface area contributed by atoms with Gasteiger partial charge in [0.2, 0.25) is 0 Å². The third-order valence-corrected chi connectivity index (χ3v) is 2.49. The Morgan fingerprint density at radius 2 is 1.86 bits per heavy atom. The third-order valence-electron chi connectivity index (χ3n) is 2.49. The van der Waals surface area contributed by atoms with Crippen LogP contribution in [0.5, 0.6) is 0 Å². The van der Waals surface area contributed by atoms with E-state index in [1.807, 2.05) is 0 Å². The van der Waals surface area contributed by atoms with E-state index >= 15 is 0 Å². The number of hydrogen-bond acceptors (Lipinski definition) is 4. The molecule has 1 aliphatic rings. The van der Waals surface area contributed by atoms with E-state index in [-0.39, 0.29) is 5.97 Å². The molecule has 0 aliphatic carbocycles. The molecule has 0 atom stereocenters. The lowest BCUT2D eigenvalue weighted by Crippen LogP contribution is -2.47. The van der Waals surface area contributed by atoms with Gasteiger partial charge in [-0.2, -0.15) is 0 Å². The van der Waals surface area contributed by atoms with Crippen LogP contribution in [0, 0.1) is 6.92 Å². The van der Waals surface area contributed by atoms with Crippen molar-refractivity contribution in [2.45, 2.75) is 6.92 Å². The molecule has 4 nitrogen and oxygen atoms in total. The van der Waals surface area contributed by atoms with Crippen LogP contribution in [-0.2, 0) is 9.53 Å². The lowest BCUT2D eigenvalue weighted by atomic mass is 10.3. The molecule has 14 heavy (non-hydrogen) atoms. The van der Waals surface area contributed by atoms with Crippen LogP contribution in [0.25, 0.3) is 0 Å². The van der Waals surface area contributed by atoms with Crippen LogP contribution in [-0.4, -0.2) is 61.6 Å². The first-order chi connectivity index (χ1) is 6.72. The normalized spacial score (nSPS) is 19.6. The van der Waals surface area contributed by atoms with Crippen LogP contribution in [0.1, 0.15) is 6.92 Å². The Morgan fingerprint density at radius 3 is 2.36 bits per heavy atom. The Hall–Kier alpha value is -0.610. The average Bonchev–Trinajstić information content (AvgIpc) is 2.18. The lowest BCUT2D eigenvalue weighted by molar-refractivity contribution is -0.141. The zero-order valence-corrected chi connectivity index (χ0v) is 8.87. The second-order valence-electron chi connectivity index (χ2n) is 3.52. The van der Waals surface area contributed by atoms with E-state index in [4.69, 9.17) is 4.74 Å². The molecule has 0 saturated carbocycles. The minimum absolute atomic E-state index is 0.193. The van der Waals surface area contributed by atoms with Crippen molar-refractivity contribution in [3.63, 3.8) is 0 Å². The highest BCUT2D eigenvalue weighted by Gasteiger charge is 2.14. The van der Waals surface area contributed by atoms with E-state index in [0.717, 1.165) is 39.3 Å². The van der Waals surface area contributed by atoms with Crippen LogP contribution in [0.2, 0.25) is 0 Å². The maximum absolute atomic E-state index is 10.5. The SMILES string of the molecule is [CH2]CN1CCN(CCOC(C)=O)CC1. The molecule has 1 radical (unpaired) electrons. The largest absolute Gasteiger partial charge is 0.465 e. The smallest absolute Gasteiger partial charge is 0.302 e. The summed E-state index contributed by atoms with van der Waals surface area (Å²) in [6.07, 6.45) is 0. The van der Waals surface area contributed by atoms with E-state index in [2.05, 4.69) is 16.7 Å². The number of nitrogens with zero attached hydrogens (tertiary/aromatic N) is 2. The quantitative estimate of drug-likeness (QED) is 0.597. The van der Waals surface area contributed by atoms with Gasteiger partial charge in [0.1, 0.15) is 6.61 Å². The fourth-order valence-corrected chi connectivity index (χ4v) is 1.55. The third kappa shape index (κ3) is 4.07. The first-order valence-corrected chi connectivity index (χ1v) is 5.09. The zero-order valence-electron chi connectivity index (χ0n) is 8.87. The molecule has 1 fully saturated rings. The van der Waals surface area contributed by atoms with Gasteiger partial charge in [-0.15, -0.1) is 0 Å². The van der Waals surface area contributed by atoms with Crippen LogP contribution < -0.4 is 0 Å². The van der Waals surface area contributed by atoms with Gasteiger partial charge in [-0.1, -0.05) is 0 Å². The number of carbonyl (C=O) groups excluding carboxylic acids is 1. The summed E-state index contributed by atoms with van der Waals surface area (Å²) in [4.78, 5) is 15.2. The van der Waals surface area contributed by atoms with Crippen molar-refractivity contribution in [2.75, 3.05) is 45.9 Å². The molecule has 0 bridgehead atoms. The minimum atomic E-state index is -0.193. The van der Waals surface area contributed by atoms with Crippen molar-refractivity contribution >= 4 is 5.97 Å². The summed E-state index contributed by atoms with van der Waals surface area (Å²) in [7, 11) is 0. The first kappa shape index (κ1) is 11.5. The maximum atomic E-state index is 10.5. The zero-order chi connectivity index (χ0) is 10.4. The summed E-state index contributed by atoms with van der Waals surface area (Å²) < 4.78 is 4.89. The van der Waals surface area contributed by atoms with Crippen molar-refractivity contribution in [1.29, 1.82) is 0 Å². The molecule has 1 rings (SSSR count). The molecule has 0 spiro atoms. The Labute approximate surface area is 85.8 Å². The lowest BCUT2D eigenvalue weighted by Gasteiger charge is -2.33. The van der Waals surface area contributed by atoms with Crippen molar-refractivity contribution in [3.05, 3.63) is 6.92 Å². The molecule has 0 aromatic carbocycles. The number of rotatable bonds is 4. The number of carbonyl (C=O) groups is 1. The van der Waals surface area contributed by atoms with Gasteiger partial charge in [0.15, 0.2) is 0 Å². The molecule has 1 saturated heterocycles. The van der Waals surface area contributed by atoms with Gasteiger partial charge < -0.3 is 9.64 Å². The number of hydrogen-bond donors (Lipinski definition) is 0. The summed E-state index contributed by atoms with van der Waals surface area (Å²) >= 11 is 0. The Kier molecular flexibility index (Phi) is 4.90. The standard InChI is InChI=1S/C10H19N2O2/c1-3-11-4-6-12(7-5-11)8-9-14-10(2)13/h1,3-9H2,2H3. The van der Waals surface area contributed by atoms with E-state index < -0.39 is 0 Å². The van der Waals surface area contributed by atoms with Crippen molar-refractivity contribution in [1.82, 2.24) is 9.80 Å². The molecule has 0 aromatic heterocycles. The molecule has 1 heterocycles. The summed E-state index contributed by atoms with van der Waals surface area (Å²) in [6, 6.07) is 0. The van der Waals surface area contributed by atoms with E-state index in [9.17, 15) is 4.79 Å². The van der Waals surface area contributed by atoms with Crippen LogP contribution in [0.4, 0.5) is 0 Å². The van der Waals surface area contributed by atoms with Gasteiger partial charge in [-0.25, -0.2) is 0 Å². The second kappa shape index (κ2) is 5.98.